The number of aryl methyl sites for hydroxylation is 2. The van der Waals surface area contributed by atoms with Gasteiger partial charge >= 0.3 is 5.97 Å². The molecule has 2 aromatic carbocycles. The minimum Gasteiger partial charge on any atom is -0.489 e. The Labute approximate surface area is 117 Å². The van der Waals surface area contributed by atoms with Crippen molar-refractivity contribution in [1.29, 1.82) is 0 Å². The van der Waals surface area contributed by atoms with Crippen LogP contribution in [0.4, 0.5) is 5.69 Å². The Morgan fingerprint density at radius 2 is 1.80 bits per heavy atom. The summed E-state index contributed by atoms with van der Waals surface area (Å²) in [5.41, 5.74) is 9.29. The number of carboxylic acids is 1. The molecule has 0 aliphatic rings. The highest BCUT2D eigenvalue weighted by Gasteiger charge is 2.09. The molecule has 0 radical (unpaired) electrons. The fourth-order valence-corrected chi connectivity index (χ4v) is 2.13. The van der Waals surface area contributed by atoms with Gasteiger partial charge in [0.15, 0.2) is 0 Å². The van der Waals surface area contributed by atoms with E-state index in [-0.39, 0.29) is 11.3 Å². The molecule has 0 unspecified atom stereocenters. The smallest absolute Gasteiger partial charge is 0.337 e. The van der Waals surface area contributed by atoms with E-state index in [2.05, 4.69) is 6.07 Å². The van der Waals surface area contributed by atoms with Crippen LogP contribution in [0.3, 0.4) is 0 Å². The number of nitrogens with two attached hydrogens (primary N) is 1. The van der Waals surface area contributed by atoms with Gasteiger partial charge in [0, 0.05) is 5.69 Å². The number of rotatable bonds is 4. The van der Waals surface area contributed by atoms with E-state index < -0.39 is 5.97 Å². The second kappa shape index (κ2) is 5.65. The van der Waals surface area contributed by atoms with Crippen molar-refractivity contribution < 1.29 is 14.6 Å². The van der Waals surface area contributed by atoms with Gasteiger partial charge in [-0.05, 0) is 37.6 Å². The molecule has 0 aromatic heterocycles. The van der Waals surface area contributed by atoms with Gasteiger partial charge in [-0.15, -0.1) is 0 Å². The summed E-state index contributed by atoms with van der Waals surface area (Å²) >= 11 is 0. The molecule has 0 saturated heterocycles. The molecule has 0 heterocycles. The van der Waals surface area contributed by atoms with E-state index in [1.807, 2.05) is 26.0 Å². The van der Waals surface area contributed by atoms with Crippen molar-refractivity contribution in [2.45, 2.75) is 20.5 Å². The Balaban J connectivity index is 2.14. The van der Waals surface area contributed by atoms with Gasteiger partial charge in [0.25, 0.3) is 0 Å². The molecule has 0 aliphatic carbocycles. The average molecular weight is 271 g/mol. The SMILES string of the molecule is Cc1cc(C)cc(COc2ccc(N)c(C(=O)O)c2)c1. The monoisotopic (exact) mass is 271 g/mol. The van der Waals surface area contributed by atoms with Gasteiger partial charge < -0.3 is 15.6 Å². The summed E-state index contributed by atoms with van der Waals surface area (Å²) in [6, 6.07) is 10.8. The minimum atomic E-state index is -1.06. The number of carboxylic acid groups (broad SMARTS) is 1. The number of anilines is 1. The molecule has 0 aliphatic heterocycles. The zero-order valence-corrected chi connectivity index (χ0v) is 11.5. The highest BCUT2D eigenvalue weighted by molar-refractivity contribution is 5.94. The zero-order valence-electron chi connectivity index (χ0n) is 11.5. The number of ether oxygens (including phenoxy) is 1. The summed E-state index contributed by atoms with van der Waals surface area (Å²) in [5, 5.41) is 9.01. The van der Waals surface area contributed by atoms with Crippen LogP contribution in [0.25, 0.3) is 0 Å². The normalized spacial score (nSPS) is 10.3. The van der Waals surface area contributed by atoms with E-state index >= 15 is 0 Å². The van der Waals surface area contributed by atoms with Crippen molar-refractivity contribution in [3.8, 4) is 5.75 Å². The fraction of sp³-hybridized carbons (Fsp3) is 0.188. The fourth-order valence-electron chi connectivity index (χ4n) is 2.13. The Hall–Kier alpha value is -2.49. The van der Waals surface area contributed by atoms with Crippen molar-refractivity contribution in [3.05, 3.63) is 58.7 Å². The molecule has 2 aromatic rings. The van der Waals surface area contributed by atoms with Crippen LogP contribution >= 0.6 is 0 Å². The van der Waals surface area contributed by atoms with Gasteiger partial charge in [0.2, 0.25) is 0 Å². The standard InChI is InChI=1S/C16H17NO3/c1-10-5-11(2)7-12(6-10)9-20-13-3-4-15(17)14(8-13)16(18)19/h3-8H,9,17H2,1-2H3,(H,18,19). The van der Waals surface area contributed by atoms with Gasteiger partial charge in [0.1, 0.15) is 12.4 Å². The molecule has 0 amide bonds. The second-order valence-electron chi connectivity index (χ2n) is 4.84. The van der Waals surface area contributed by atoms with Gasteiger partial charge in [-0.2, -0.15) is 0 Å². The van der Waals surface area contributed by atoms with Crippen LogP contribution in [0.2, 0.25) is 0 Å². The first-order valence-corrected chi connectivity index (χ1v) is 6.28. The van der Waals surface area contributed by atoms with Gasteiger partial charge in [-0.1, -0.05) is 29.3 Å². The molecule has 0 bridgehead atoms. The maximum atomic E-state index is 11.0. The number of benzene rings is 2. The summed E-state index contributed by atoms with van der Waals surface area (Å²) in [6.07, 6.45) is 0. The maximum absolute atomic E-state index is 11.0. The molecule has 4 nitrogen and oxygen atoms in total. The van der Waals surface area contributed by atoms with Crippen LogP contribution in [-0.4, -0.2) is 11.1 Å². The number of aromatic carboxylic acids is 1. The van der Waals surface area contributed by atoms with Crippen LogP contribution in [-0.2, 0) is 6.61 Å². The van der Waals surface area contributed by atoms with Gasteiger partial charge in [0.05, 0.1) is 5.56 Å². The lowest BCUT2D eigenvalue weighted by molar-refractivity contribution is 0.0697. The second-order valence-corrected chi connectivity index (χ2v) is 4.84. The van der Waals surface area contributed by atoms with Crippen LogP contribution in [0.1, 0.15) is 27.0 Å². The quantitative estimate of drug-likeness (QED) is 0.838. The third-order valence-electron chi connectivity index (χ3n) is 2.94. The summed E-state index contributed by atoms with van der Waals surface area (Å²) in [4.78, 5) is 11.0. The Bertz CT molecular complexity index is 630. The molecule has 0 spiro atoms. The predicted molar refractivity (Wildman–Crippen MR) is 78.1 cm³/mol. The van der Waals surface area contributed by atoms with Crippen LogP contribution in [0, 0.1) is 13.8 Å². The van der Waals surface area contributed by atoms with Crippen LogP contribution < -0.4 is 10.5 Å². The number of carbonyl (C=O) groups is 1. The zero-order chi connectivity index (χ0) is 14.7. The third kappa shape index (κ3) is 3.29. The first-order chi connectivity index (χ1) is 9.45. The molecule has 0 atom stereocenters. The van der Waals surface area contributed by atoms with E-state index in [0.717, 1.165) is 5.56 Å². The van der Waals surface area contributed by atoms with Crippen LogP contribution in [0.15, 0.2) is 36.4 Å². The molecule has 3 N–H and O–H groups in total. The first kappa shape index (κ1) is 13.9. The lowest BCUT2D eigenvalue weighted by Crippen LogP contribution is -2.03. The van der Waals surface area contributed by atoms with Crippen molar-refractivity contribution >= 4 is 11.7 Å². The molecule has 2 rings (SSSR count). The Kier molecular flexibility index (Phi) is 3.94. The highest BCUT2D eigenvalue weighted by Crippen LogP contribution is 2.21. The van der Waals surface area contributed by atoms with Crippen molar-refractivity contribution in [3.63, 3.8) is 0 Å². The third-order valence-corrected chi connectivity index (χ3v) is 2.94. The summed E-state index contributed by atoms with van der Waals surface area (Å²) in [7, 11) is 0. The van der Waals surface area contributed by atoms with E-state index in [1.165, 1.54) is 17.2 Å². The molecule has 0 fully saturated rings. The van der Waals surface area contributed by atoms with Gasteiger partial charge in [-0.3, -0.25) is 0 Å². The molecule has 20 heavy (non-hydrogen) atoms. The summed E-state index contributed by atoms with van der Waals surface area (Å²) in [6.45, 7) is 4.45. The summed E-state index contributed by atoms with van der Waals surface area (Å²) < 4.78 is 5.63. The highest BCUT2D eigenvalue weighted by atomic mass is 16.5. The van der Waals surface area contributed by atoms with E-state index in [4.69, 9.17) is 15.6 Å². The van der Waals surface area contributed by atoms with Crippen molar-refractivity contribution in [2.75, 3.05) is 5.73 Å². The van der Waals surface area contributed by atoms with Gasteiger partial charge in [-0.25, -0.2) is 4.79 Å². The first-order valence-electron chi connectivity index (χ1n) is 6.28. The lowest BCUT2D eigenvalue weighted by atomic mass is 10.1. The molecule has 0 saturated carbocycles. The topological polar surface area (TPSA) is 72.5 Å². The van der Waals surface area contributed by atoms with E-state index in [9.17, 15) is 4.79 Å². The number of hydrogen-bond donors (Lipinski definition) is 2. The van der Waals surface area contributed by atoms with Crippen molar-refractivity contribution in [2.24, 2.45) is 0 Å². The lowest BCUT2D eigenvalue weighted by Gasteiger charge is -2.09. The average Bonchev–Trinajstić information content (AvgIpc) is 2.36. The predicted octanol–water partition coefficient (Wildman–Crippen LogP) is 3.16. The number of nitrogen functional groups attached to an aromatic ring is 1. The van der Waals surface area contributed by atoms with Crippen molar-refractivity contribution in [1.82, 2.24) is 0 Å². The maximum Gasteiger partial charge on any atom is 0.337 e. The molecular formula is C16H17NO3. The van der Waals surface area contributed by atoms with Crippen LogP contribution in [0.5, 0.6) is 5.75 Å². The Morgan fingerprint density at radius 3 is 2.40 bits per heavy atom. The molecular weight excluding hydrogens is 254 g/mol. The largest absolute Gasteiger partial charge is 0.489 e. The van der Waals surface area contributed by atoms with E-state index in [1.54, 1.807) is 12.1 Å². The number of hydrogen-bond acceptors (Lipinski definition) is 3. The summed E-state index contributed by atoms with van der Waals surface area (Å²) in [5.74, 6) is -0.560. The molecule has 104 valence electrons. The minimum absolute atomic E-state index is 0.0583. The molecule has 4 heteroatoms. The Morgan fingerprint density at radius 1 is 1.15 bits per heavy atom. The van der Waals surface area contributed by atoms with E-state index in [0.29, 0.717) is 12.4 Å².